The summed E-state index contributed by atoms with van der Waals surface area (Å²) in [5.41, 5.74) is 2.37. The average Bonchev–Trinajstić information content (AvgIpc) is 2.83. The molecule has 0 aliphatic carbocycles. The minimum atomic E-state index is -2.34. The predicted molar refractivity (Wildman–Crippen MR) is 145 cm³/mol. The van der Waals surface area contributed by atoms with Crippen LogP contribution in [0.2, 0.25) is 19.1 Å². The Balaban J connectivity index is 2.25. The maximum atomic E-state index is 13.0. The van der Waals surface area contributed by atoms with Crippen molar-refractivity contribution < 1.29 is 24.1 Å². The monoisotopic (exact) mass is 495 g/mol. The van der Waals surface area contributed by atoms with Gasteiger partial charge in [0, 0.05) is 35.6 Å². The Morgan fingerprint density at radius 2 is 1.60 bits per heavy atom. The number of phenolic OH excluding ortho intramolecular Hbond substituents is 1. The molecule has 1 N–H and O–H groups in total. The predicted octanol–water partition coefficient (Wildman–Crippen LogP) is 5.33. The number of rotatable bonds is 9. The van der Waals surface area contributed by atoms with Crippen LogP contribution in [0.1, 0.15) is 19.4 Å². The number of aromatic hydroxyl groups is 1. The summed E-state index contributed by atoms with van der Waals surface area (Å²) >= 11 is 0. The van der Waals surface area contributed by atoms with Crippen LogP contribution in [0.15, 0.2) is 36.4 Å². The van der Waals surface area contributed by atoms with Gasteiger partial charge in [-0.15, -0.1) is 0 Å². The van der Waals surface area contributed by atoms with E-state index in [4.69, 9.17) is 14.2 Å². The van der Waals surface area contributed by atoms with E-state index in [1.54, 1.807) is 21.3 Å². The van der Waals surface area contributed by atoms with Gasteiger partial charge in [0.25, 0.3) is 0 Å². The Morgan fingerprint density at radius 1 is 0.943 bits per heavy atom. The number of carbonyl (C=O) groups excluding carboxylic acids is 1. The molecular formula is C28H37NO5Si. The van der Waals surface area contributed by atoms with Crippen LogP contribution >= 0.6 is 0 Å². The van der Waals surface area contributed by atoms with Gasteiger partial charge in [-0.25, -0.2) is 0 Å². The van der Waals surface area contributed by atoms with Gasteiger partial charge >= 0.3 is 0 Å². The summed E-state index contributed by atoms with van der Waals surface area (Å²) in [6.07, 6.45) is 0. The van der Waals surface area contributed by atoms with Gasteiger partial charge in [-0.05, 0) is 43.7 Å². The summed E-state index contributed by atoms with van der Waals surface area (Å²) in [4.78, 5) is 14.8. The molecule has 0 fully saturated rings. The SMILES string of the molecule is CCN(CC)C(=O)C[Si](C)(C)c1c(C)ccc(-c2cc(OC)c3c(OC)cccc3c2OC)c1O. The topological polar surface area (TPSA) is 68.2 Å². The lowest BCUT2D eigenvalue weighted by Gasteiger charge is -2.29. The van der Waals surface area contributed by atoms with Gasteiger partial charge in [-0.2, -0.15) is 0 Å². The molecule has 0 aromatic heterocycles. The van der Waals surface area contributed by atoms with Gasteiger partial charge in [0.15, 0.2) is 0 Å². The molecule has 0 heterocycles. The lowest BCUT2D eigenvalue weighted by molar-refractivity contribution is -0.128. The number of phenols is 1. The molecule has 0 saturated heterocycles. The third kappa shape index (κ3) is 4.82. The molecule has 0 atom stereocenters. The van der Waals surface area contributed by atoms with E-state index in [0.717, 1.165) is 27.1 Å². The van der Waals surface area contributed by atoms with Crippen LogP contribution in [0.3, 0.4) is 0 Å². The molecule has 3 rings (SSSR count). The number of fused-ring (bicyclic) bond motifs is 1. The van der Waals surface area contributed by atoms with E-state index in [0.29, 0.717) is 41.9 Å². The van der Waals surface area contributed by atoms with E-state index >= 15 is 0 Å². The van der Waals surface area contributed by atoms with Gasteiger partial charge < -0.3 is 24.2 Å². The Bertz CT molecular complexity index is 1230. The van der Waals surface area contributed by atoms with Gasteiger partial charge in [-0.3, -0.25) is 4.79 Å². The van der Waals surface area contributed by atoms with E-state index in [1.807, 2.05) is 62.1 Å². The first-order chi connectivity index (χ1) is 16.6. The lowest BCUT2D eigenvalue weighted by Crippen LogP contribution is -2.47. The number of carbonyl (C=O) groups is 1. The summed E-state index contributed by atoms with van der Waals surface area (Å²) in [6.45, 7) is 11.6. The molecule has 0 unspecified atom stereocenters. The first-order valence-electron chi connectivity index (χ1n) is 12.0. The highest BCUT2D eigenvalue weighted by Crippen LogP contribution is 2.47. The largest absolute Gasteiger partial charge is 0.507 e. The van der Waals surface area contributed by atoms with Crippen LogP contribution in [0.5, 0.6) is 23.0 Å². The van der Waals surface area contributed by atoms with E-state index in [1.165, 1.54) is 0 Å². The molecule has 3 aromatic carbocycles. The van der Waals surface area contributed by atoms with Crippen LogP contribution in [-0.2, 0) is 4.79 Å². The molecule has 0 radical (unpaired) electrons. The van der Waals surface area contributed by atoms with Crippen molar-refractivity contribution in [3.8, 4) is 34.1 Å². The zero-order valence-electron chi connectivity index (χ0n) is 22.1. The van der Waals surface area contributed by atoms with E-state index < -0.39 is 8.07 Å². The second-order valence-electron chi connectivity index (χ2n) is 9.32. The Hall–Kier alpha value is -3.19. The molecule has 6 nitrogen and oxygen atoms in total. The minimum Gasteiger partial charge on any atom is -0.507 e. The summed E-state index contributed by atoms with van der Waals surface area (Å²) in [5.74, 6) is 2.28. The van der Waals surface area contributed by atoms with Crippen molar-refractivity contribution in [1.29, 1.82) is 0 Å². The van der Waals surface area contributed by atoms with Crippen molar-refractivity contribution in [1.82, 2.24) is 4.90 Å². The van der Waals surface area contributed by atoms with Gasteiger partial charge in [0.05, 0.1) is 34.8 Å². The quantitative estimate of drug-likeness (QED) is 0.406. The Kier molecular flexibility index (Phi) is 8.00. The van der Waals surface area contributed by atoms with Crippen molar-refractivity contribution in [2.45, 2.75) is 39.9 Å². The van der Waals surface area contributed by atoms with E-state index in [-0.39, 0.29) is 11.7 Å². The number of methoxy groups -OCH3 is 3. The molecular weight excluding hydrogens is 458 g/mol. The normalized spacial score (nSPS) is 11.4. The van der Waals surface area contributed by atoms with Crippen molar-refractivity contribution in [3.05, 3.63) is 42.0 Å². The number of aryl methyl sites for hydroxylation is 1. The fourth-order valence-corrected chi connectivity index (χ4v) is 8.14. The zero-order valence-corrected chi connectivity index (χ0v) is 23.1. The Labute approximate surface area is 209 Å². The van der Waals surface area contributed by atoms with Crippen LogP contribution in [0.25, 0.3) is 21.9 Å². The van der Waals surface area contributed by atoms with Crippen LogP contribution in [-0.4, -0.2) is 58.4 Å². The molecule has 0 aliphatic rings. The molecule has 1 amide bonds. The maximum absolute atomic E-state index is 13.0. The zero-order chi connectivity index (χ0) is 25.9. The van der Waals surface area contributed by atoms with Crippen molar-refractivity contribution in [3.63, 3.8) is 0 Å². The third-order valence-corrected chi connectivity index (χ3v) is 9.91. The minimum absolute atomic E-state index is 0.132. The molecule has 0 aliphatic heterocycles. The number of benzene rings is 3. The van der Waals surface area contributed by atoms with Crippen molar-refractivity contribution in [2.75, 3.05) is 34.4 Å². The summed E-state index contributed by atoms with van der Waals surface area (Å²) in [5, 5.41) is 14.2. The number of nitrogens with zero attached hydrogens (tertiary/aromatic N) is 1. The summed E-state index contributed by atoms with van der Waals surface area (Å²) < 4.78 is 17.2. The third-order valence-electron chi connectivity index (χ3n) is 6.74. The smallest absolute Gasteiger partial charge is 0.220 e. The highest BCUT2D eigenvalue weighted by molar-refractivity contribution is 6.92. The van der Waals surface area contributed by atoms with Crippen LogP contribution in [0.4, 0.5) is 0 Å². The van der Waals surface area contributed by atoms with Gasteiger partial charge in [0.1, 0.15) is 23.0 Å². The summed E-state index contributed by atoms with van der Waals surface area (Å²) in [7, 11) is 2.52. The molecule has 0 spiro atoms. The molecule has 7 heteroatoms. The molecule has 0 saturated carbocycles. The van der Waals surface area contributed by atoms with E-state index in [9.17, 15) is 9.90 Å². The molecule has 0 bridgehead atoms. The highest BCUT2D eigenvalue weighted by atomic mass is 28.3. The second-order valence-corrected chi connectivity index (χ2v) is 13.9. The number of hydrogen-bond acceptors (Lipinski definition) is 5. The molecule has 188 valence electrons. The fraction of sp³-hybridized carbons (Fsp3) is 0.393. The number of ether oxygens (including phenoxy) is 3. The fourth-order valence-electron chi connectivity index (χ4n) is 5.06. The van der Waals surface area contributed by atoms with Crippen LogP contribution in [0, 0.1) is 6.92 Å². The average molecular weight is 496 g/mol. The molecule has 35 heavy (non-hydrogen) atoms. The van der Waals surface area contributed by atoms with Crippen molar-refractivity contribution in [2.24, 2.45) is 0 Å². The van der Waals surface area contributed by atoms with Crippen molar-refractivity contribution >= 4 is 29.9 Å². The second kappa shape index (κ2) is 10.6. The number of hydrogen-bond donors (Lipinski definition) is 1. The van der Waals surface area contributed by atoms with Gasteiger partial charge in [0.2, 0.25) is 5.91 Å². The highest BCUT2D eigenvalue weighted by Gasteiger charge is 2.34. The Morgan fingerprint density at radius 3 is 2.17 bits per heavy atom. The standard InChI is InChI=1S/C28H37NO5Si/c1-9-29(10-2)24(30)17-35(7,8)28-18(3)14-15-19(26(28)31)21-16-23(33-5)25-20(27(21)34-6)12-11-13-22(25)32-4/h11-16,31H,9-10,17H2,1-8H3. The number of amides is 1. The lowest BCUT2D eigenvalue weighted by atomic mass is 9.96. The first kappa shape index (κ1) is 26.4. The first-order valence-corrected chi connectivity index (χ1v) is 15.2. The van der Waals surface area contributed by atoms with Crippen LogP contribution < -0.4 is 19.4 Å². The molecule has 3 aromatic rings. The van der Waals surface area contributed by atoms with Gasteiger partial charge in [-0.1, -0.05) is 37.4 Å². The summed E-state index contributed by atoms with van der Waals surface area (Å²) in [6, 6.07) is 12.0. The maximum Gasteiger partial charge on any atom is 0.220 e. The van der Waals surface area contributed by atoms with E-state index in [2.05, 4.69) is 13.1 Å².